The SMILES string of the molecule is CCCCCCCCCCC/C=C/CCN(Cc1ccccc1)Cc1ccccc1. The van der Waals surface area contributed by atoms with E-state index >= 15 is 0 Å². The standard InChI is InChI=1S/C29H43N/c1-2-3-4-5-6-7-8-9-10-11-12-13-20-25-30(26-28-21-16-14-17-22-28)27-29-23-18-15-19-24-29/h12-19,21-24H,2-11,20,25-27H2,1H3/b13-12+. The van der Waals surface area contributed by atoms with Crippen LogP contribution in [-0.4, -0.2) is 11.4 Å². The topological polar surface area (TPSA) is 3.24 Å². The molecule has 2 aromatic carbocycles. The lowest BCUT2D eigenvalue weighted by Gasteiger charge is -2.22. The molecule has 30 heavy (non-hydrogen) atoms. The number of hydrogen-bond acceptors (Lipinski definition) is 1. The third kappa shape index (κ3) is 12.0. The first-order valence-corrected chi connectivity index (χ1v) is 12.3. The fourth-order valence-electron chi connectivity index (χ4n) is 3.96. The van der Waals surface area contributed by atoms with E-state index in [9.17, 15) is 0 Å². The molecule has 0 aliphatic rings. The summed E-state index contributed by atoms with van der Waals surface area (Å²) in [5, 5.41) is 0. The van der Waals surface area contributed by atoms with Gasteiger partial charge in [0, 0.05) is 19.6 Å². The molecule has 2 rings (SSSR count). The molecule has 0 aliphatic carbocycles. The second-order valence-electron chi connectivity index (χ2n) is 8.56. The molecule has 0 aromatic heterocycles. The minimum atomic E-state index is 1.02. The monoisotopic (exact) mass is 405 g/mol. The van der Waals surface area contributed by atoms with E-state index in [2.05, 4.69) is 84.6 Å². The number of hydrogen-bond donors (Lipinski definition) is 0. The van der Waals surface area contributed by atoms with Crippen LogP contribution in [-0.2, 0) is 13.1 Å². The molecule has 0 saturated carbocycles. The highest BCUT2D eigenvalue weighted by Crippen LogP contribution is 2.12. The van der Waals surface area contributed by atoms with Crippen LogP contribution in [0.15, 0.2) is 72.8 Å². The number of unbranched alkanes of at least 4 members (excludes halogenated alkanes) is 9. The van der Waals surface area contributed by atoms with Crippen LogP contribution in [0.25, 0.3) is 0 Å². The van der Waals surface area contributed by atoms with Crippen molar-refractivity contribution < 1.29 is 0 Å². The molecule has 0 spiro atoms. The van der Waals surface area contributed by atoms with Crippen LogP contribution < -0.4 is 0 Å². The van der Waals surface area contributed by atoms with Gasteiger partial charge in [-0.05, 0) is 30.4 Å². The van der Waals surface area contributed by atoms with E-state index in [1.165, 1.54) is 75.3 Å². The van der Waals surface area contributed by atoms with Gasteiger partial charge in [-0.25, -0.2) is 0 Å². The molecule has 0 amide bonds. The van der Waals surface area contributed by atoms with Crippen molar-refractivity contribution in [3.05, 3.63) is 83.9 Å². The lowest BCUT2D eigenvalue weighted by atomic mass is 10.1. The number of allylic oxidation sites excluding steroid dienone is 1. The van der Waals surface area contributed by atoms with E-state index in [4.69, 9.17) is 0 Å². The first-order valence-electron chi connectivity index (χ1n) is 12.3. The van der Waals surface area contributed by atoms with E-state index in [0.29, 0.717) is 0 Å². The van der Waals surface area contributed by atoms with Gasteiger partial charge in [0.25, 0.3) is 0 Å². The Morgan fingerprint density at radius 1 is 0.567 bits per heavy atom. The Bertz CT molecular complexity index is 605. The van der Waals surface area contributed by atoms with Crippen molar-refractivity contribution in [2.24, 2.45) is 0 Å². The predicted octanol–water partition coefficient (Wildman–Crippen LogP) is 8.56. The minimum absolute atomic E-state index is 1.02. The van der Waals surface area contributed by atoms with Gasteiger partial charge in [0.05, 0.1) is 0 Å². The minimum Gasteiger partial charge on any atom is -0.295 e. The summed E-state index contributed by atoms with van der Waals surface area (Å²) in [7, 11) is 0. The lowest BCUT2D eigenvalue weighted by Crippen LogP contribution is -2.23. The smallest absolute Gasteiger partial charge is 0.0237 e. The van der Waals surface area contributed by atoms with Gasteiger partial charge in [-0.2, -0.15) is 0 Å². The fourth-order valence-corrected chi connectivity index (χ4v) is 3.96. The van der Waals surface area contributed by atoms with Gasteiger partial charge < -0.3 is 0 Å². The summed E-state index contributed by atoms with van der Waals surface area (Å²) < 4.78 is 0. The van der Waals surface area contributed by atoms with Gasteiger partial charge in [0.15, 0.2) is 0 Å². The molecule has 0 saturated heterocycles. The van der Waals surface area contributed by atoms with Crippen LogP contribution in [0.4, 0.5) is 0 Å². The lowest BCUT2D eigenvalue weighted by molar-refractivity contribution is 0.262. The first-order chi connectivity index (χ1) is 14.9. The van der Waals surface area contributed by atoms with Gasteiger partial charge >= 0.3 is 0 Å². The summed E-state index contributed by atoms with van der Waals surface area (Å²) >= 11 is 0. The normalized spacial score (nSPS) is 11.5. The Labute approximate surface area is 186 Å². The highest BCUT2D eigenvalue weighted by atomic mass is 15.1. The molecule has 1 nitrogen and oxygen atoms in total. The summed E-state index contributed by atoms with van der Waals surface area (Å²) in [5.74, 6) is 0. The van der Waals surface area contributed by atoms with E-state index in [0.717, 1.165) is 26.1 Å². The Morgan fingerprint density at radius 2 is 1.03 bits per heavy atom. The van der Waals surface area contributed by atoms with Gasteiger partial charge in [-0.1, -0.05) is 131 Å². The van der Waals surface area contributed by atoms with Gasteiger partial charge in [0.2, 0.25) is 0 Å². The Kier molecular flexibility index (Phi) is 13.7. The average molecular weight is 406 g/mol. The van der Waals surface area contributed by atoms with Crippen LogP contribution in [0.2, 0.25) is 0 Å². The third-order valence-electron chi connectivity index (χ3n) is 5.75. The average Bonchev–Trinajstić information content (AvgIpc) is 2.78. The molecular weight excluding hydrogens is 362 g/mol. The zero-order chi connectivity index (χ0) is 21.1. The van der Waals surface area contributed by atoms with Crippen LogP contribution in [0.1, 0.15) is 88.7 Å². The zero-order valence-corrected chi connectivity index (χ0v) is 19.3. The number of rotatable bonds is 17. The van der Waals surface area contributed by atoms with Crippen LogP contribution in [0.3, 0.4) is 0 Å². The molecular formula is C29H43N. The molecule has 0 aliphatic heterocycles. The largest absolute Gasteiger partial charge is 0.295 e. The molecule has 0 radical (unpaired) electrons. The highest BCUT2D eigenvalue weighted by Gasteiger charge is 2.06. The summed E-state index contributed by atoms with van der Waals surface area (Å²) in [4.78, 5) is 2.56. The predicted molar refractivity (Wildman–Crippen MR) is 133 cm³/mol. The van der Waals surface area contributed by atoms with E-state index < -0.39 is 0 Å². The van der Waals surface area contributed by atoms with Crippen molar-refractivity contribution in [3.8, 4) is 0 Å². The second kappa shape index (κ2) is 16.9. The summed E-state index contributed by atoms with van der Waals surface area (Å²) in [6.07, 6.45) is 19.9. The highest BCUT2D eigenvalue weighted by molar-refractivity contribution is 5.17. The first kappa shape index (κ1) is 24.4. The fraction of sp³-hybridized carbons (Fsp3) is 0.517. The van der Waals surface area contributed by atoms with Gasteiger partial charge in [0.1, 0.15) is 0 Å². The summed E-state index contributed by atoms with van der Waals surface area (Å²) in [6.45, 7) is 5.43. The van der Waals surface area contributed by atoms with Crippen LogP contribution in [0.5, 0.6) is 0 Å². The molecule has 1 heteroatoms. The molecule has 0 unspecified atom stereocenters. The molecule has 0 bridgehead atoms. The van der Waals surface area contributed by atoms with E-state index in [-0.39, 0.29) is 0 Å². The molecule has 0 atom stereocenters. The van der Waals surface area contributed by atoms with Crippen LogP contribution >= 0.6 is 0 Å². The van der Waals surface area contributed by atoms with E-state index in [1.54, 1.807) is 0 Å². The molecule has 2 aromatic rings. The maximum Gasteiger partial charge on any atom is 0.0237 e. The molecule has 164 valence electrons. The van der Waals surface area contributed by atoms with Gasteiger partial charge in [-0.15, -0.1) is 0 Å². The molecule has 0 N–H and O–H groups in total. The van der Waals surface area contributed by atoms with Crippen molar-refractivity contribution in [1.82, 2.24) is 4.90 Å². The maximum absolute atomic E-state index is 2.56. The maximum atomic E-state index is 2.56. The van der Waals surface area contributed by atoms with Crippen LogP contribution in [0, 0.1) is 0 Å². The van der Waals surface area contributed by atoms with Crippen molar-refractivity contribution in [2.45, 2.75) is 90.6 Å². The molecule has 0 heterocycles. The van der Waals surface area contributed by atoms with Crippen molar-refractivity contribution in [1.29, 1.82) is 0 Å². The van der Waals surface area contributed by atoms with Crippen molar-refractivity contribution >= 4 is 0 Å². The van der Waals surface area contributed by atoms with Gasteiger partial charge in [-0.3, -0.25) is 4.90 Å². The number of benzene rings is 2. The van der Waals surface area contributed by atoms with E-state index in [1.807, 2.05) is 0 Å². The molecule has 0 fully saturated rings. The Hall–Kier alpha value is -1.86. The third-order valence-corrected chi connectivity index (χ3v) is 5.75. The zero-order valence-electron chi connectivity index (χ0n) is 19.3. The Balaban J connectivity index is 1.61. The summed E-state index contributed by atoms with van der Waals surface area (Å²) in [6, 6.07) is 21.7. The Morgan fingerprint density at radius 3 is 1.57 bits per heavy atom. The quantitative estimate of drug-likeness (QED) is 0.188. The van der Waals surface area contributed by atoms with Crippen molar-refractivity contribution in [2.75, 3.05) is 6.54 Å². The summed E-state index contributed by atoms with van der Waals surface area (Å²) in [5.41, 5.74) is 2.79. The van der Waals surface area contributed by atoms with Crippen molar-refractivity contribution in [3.63, 3.8) is 0 Å². The second-order valence-corrected chi connectivity index (χ2v) is 8.56. The number of nitrogens with zero attached hydrogens (tertiary/aromatic N) is 1.